The van der Waals surface area contributed by atoms with Gasteiger partial charge in [-0.3, -0.25) is 9.59 Å². The van der Waals surface area contributed by atoms with Crippen LogP contribution in [0.2, 0.25) is 0 Å². The van der Waals surface area contributed by atoms with Gasteiger partial charge in [-0.05, 0) is 24.3 Å². The van der Waals surface area contributed by atoms with Gasteiger partial charge in [-0.25, -0.2) is 0 Å². The van der Waals surface area contributed by atoms with Crippen molar-refractivity contribution in [3.63, 3.8) is 0 Å². The number of hydrogen-bond acceptors (Lipinski definition) is 4. The van der Waals surface area contributed by atoms with Crippen LogP contribution in [0, 0.1) is 5.92 Å². The first-order chi connectivity index (χ1) is 10.2. The molecule has 1 aromatic heterocycles. The second-order valence-corrected chi connectivity index (χ2v) is 6.80. The van der Waals surface area contributed by atoms with E-state index in [-0.39, 0.29) is 17.9 Å². The average Bonchev–Trinajstić information content (AvgIpc) is 3.07. The first kappa shape index (κ1) is 14.5. The fraction of sp³-hybridized carbons (Fsp3) is 0.600. The van der Waals surface area contributed by atoms with Crippen LogP contribution in [0.15, 0.2) is 17.5 Å². The summed E-state index contributed by atoms with van der Waals surface area (Å²) in [7, 11) is 0. The molecule has 0 spiro atoms. The van der Waals surface area contributed by atoms with Gasteiger partial charge in [0, 0.05) is 37.0 Å². The van der Waals surface area contributed by atoms with E-state index in [0.717, 1.165) is 37.4 Å². The van der Waals surface area contributed by atoms with Crippen molar-refractivity contribution in [2.75, 3.05) is 26.2 Å². The van der Waals surface area contributed by atoms with Crippen molar-refractivity contribution in [3.05, 3.63) is 22.4 Å². The molecule has 2 aliphatic rings. The number of likely N-dealkylation sites (tertiary alicyclic amines) is 1. The lowest BCUT2D eigenvalue weighted by Crippen LogP contribution is -2.52. The maximum absolute atomic E-state index is 12.4. The molecule has 5 nitrogen and oxygen atoms in total. The number of carbonyl (C=O) groups excluding carboxylic acids is 2. The van der Waals surface area contributed by atoms with Crippen LogP contribution in [-0.4, -0.2) is 48.9 Å². The first-order valence-corrected chi connectivity index (χ1v) is 8.42. The third-order valence-electron chi connectivity index (χ3n) is 4.21. The second kappa shape index (κ2) is 6.58. The van der Waals surface area contributed by atoms with Gasteiger partial charge in [-0.1, -0.05) is 6.07 Å². The molecule has 21 heavy (non-hydrogen) atoms. The molecule has 114 valence electrons. The number of amides is 2. The summed E-state index contributed by atoms with van der Waals surface area (Å²) in [6.07, 6.45) is 2.11. The molecule has 3 heterocycles. The highest BCUT2D eigenvalue weighted by Gasteiger charge is 2.34. The Hall–Kier alpha value is -1.40. The summed E-state index contributed by atoms with van der Waals surface area (Å²) in [5, 5.41) is 8.17. The summed E-state index contributed by atoms with van der Waals surface area (Å²) in [4.78, 5) is 27.5. The molecule has 2 amide bonds. The van der Waals surface area contributed by atoms with E-state index in [1.54, 1.807) is 16.2 Å². The van der Waals surface area contributed by atoms with Crippen LogP contribution < -0.4 is 10.6 Å². The zero-order valence-electron chi connectivity index (χ0n) is 12.0. The van der Waals surface area contributed by atoms with Crippen LogP contribution in [-0.2, 0) is 16.0 Å². The Morgan fingerprint density at radius 2 is 2.29 bits per heavy atom. The van der Waals surface area contributed by atoms with Crippen LogP contribution in [0.1, 0.15) is 17.7 Å². The van der Waals surface area contributed by atoms with Gasteiger partial charge in [0.1, 0.15) is 6.04 Å². The molecule has 6 heteroatoms. The summed E-state index contributed by atoms with van der Waals surface area (Å²) < 4.78 is 0. The minimum atomic E-state index is -0.273. The Labute approximate surface area is 128 Å². The normalized spacial score (nSPS) is 22.1. The molecule has 1 unspecified atom stereocenters. The van der Waals surface area contributed by atoms with Crippen LogP contribution in [0.5, 0.6) is 0 Å². The fourth-order valence-electron chi connectivity index (χ4n) is 2.86. The summed E-state index contributed by atoms with van der Waals surface area (Å²) in [6, 6.07) is 3.65. The van der Waals surface area contributed by atoms with Crippen LogP contribution in [0.3, 0.4) is 0 Å². The van der Waals surface area contributed by atoms with Crippen molar-refractivity contribution < 1.29 is 9.59 Å². The van der Waals surface area contributed by atoms with Crippen molar-refractivity contribution in [2.24, 2.45) is 5.92 Å². The highest BCUT2D eigenvalue weighted by atomic mass is 32.1. The molecular weight excluding hydrogens is 286 g/mol. The molecule has 0 saturated carbocycles. The van der Waals surface area contributed by atoms with Gasteiger partial charge in [0.2, 0.25) is 11.8 Å². The number of rotatable bonds is 5. The Bertz CT molecular complexity index is 499. The maximum atomic E-state index is 12.4. The molecule has 0 aromatic carbocycles. The summed E-state index contributed by atoms with van der Waals surface area (Å²) in [5.74, 6) is 0.630. The van der Waals surface area contributed by atoms with Crippen LogP contribution in [0.4, 0.5) is 0 Å². The second-order valence-electron chi connectivity index (χ2n) is 5.77. The van der Waals surface area contributed by atoms with Gasteiger partial charge >= 0.3 is 0 Å². The van der Waals surface area contributed by atoms with Gasteiger partial charge in [-0.15, -0.1) is 11.3 Å². The SMILES string of the molecule is O=C(NCC1CNC1)C1CCCN1C(=O)Cc1cccs1. The van der Waals surface area contributed by atoms with Crippen molar-refractivity contribution in [2.45, 2.75) is 25.3 Å². The van der Waals surface area contributed by atoms with E-state index in [4.69, 9.17) is 0 Å². The standard InChI is InChI=1S/C15H21N3O2S/c19-14(7-12-3-2-6-21-12)18-5-1-4-13(18)15(20)17-10-11-8-16-9-11/h2-3,6,11,13,16H,1,4-5,7-10H2,(H,17,20). The molecular formula is C15H21N3O2S. The minimum absolute atomic E-state index is 0.0129. The number of carbonyl (C=O) groups is 2. The minimum Gasteiger partial charge on any atom is -0.354 e. The van der Waals surface area contributed by atoms with Gasteiger partial charge in [0.05, 0.1) is 6.42 Å². The quantitative estimate of drug-likeness (QED) is 0.838. The van der Waals surface area contributed by atoms with E-state index < -0.39 is 0 Å². The zero-order chi connectivity index (χ0) is 14.7. The summed E-state index contributed by atoms with van der Waals surface area (Å²) in [6.45, 7) is 3.38. The smallest absolute Gasteiger partial charge is 0.242 e. The molecule has 2 saturated heterocycles. The van der Waals surface area contributed by atoms with Crippen molar-refractivity contribution in [1.82, 2.24) is 15.5 Å². The third kappa shape index (κ3) is 3.44. The molecule has 0 aliphatic carbocycles. The Morgan fingerprint density at radius 3 is 2.95 bits per heavy atom. The van der Waals surface area contributed by atoms with Crippen molar-refractivity contribution in [1.29, 1.82) is 0 Å². The molecule has 2 aliphatic heterocycles. The Kier molecular flexibility index (Phi) is 4.55. The highest BCUT2D eigenvalue weighted by molar-refractivity contribution is 7.10. The van der Waals surface area contributed by atoms with E-state index in [2.05, 4.69) is 10.6 Å². The van der Waals surface area contributed by atoms with Gasteiger partial charge < -0.3 is 15.5 Å². The van der Waals surface area contributed by atoms with Crippen LogP contribution >= 0.6 is 11.3 Å². The third-order valence-corrected chi connectivity index (χ3v) is 5.09. The first-order valence-electron chi connectivity index (χ1n) is 7.54. The summed E-state index contributed by atoms with van der Waals surface area (Å²) >= 11 is 1.59. The number of nitrogens with zero attached hydrogens (tertiary/aromatic N) is 1. The van der Waals surface area contributed by atoms with Crippen molar-refractivity contribution in [3.8, 4) is 0 Å². The topological polar surface area (TPSA) is 61.4 Å². The van der Waals surface area contributed by atoms with E-state index in [1.807, 2.05) is 17.5 Å². The number of thiophene rings is 1. The molecule has 2 N–H and O–H groups in total. The van der Waals surface area contributed by atoms with E-state index in [0.29, 0.717) is 18.9 Å². The largest absolute Gasteiger partial charge is 0.354 e. The monoisotopic (exact) mass is 307 g/mol. The molecule has 0 bridgehead atoms. The summed E-state index contributed by atoms with van der Waals surface area (Å²) in [5.41, 5.74) is 0. The van der Waals surface area contributed by atoms with E-state index >= 15 is 0 Å². The number of hydrogen-bond donors (Lipinski definition) is 2. The predicted octanol–water partition coefficient (Wildman–Crippen LogP) is 0.617. The van der Waals surface area contributed by atoms with E-state index in [1.165, 1.54) is 0 Å². The lowest BCUT2D eigenvalue weighted by atomic mass is 10.0. The molecule has 2 fully saturated rings. The Balaban J connectivity index is 1.53. The van der Waals surface area contributed by atoms with Gasteiger partial charge in [0.15, 0.2) is 0 Å². The highest BCUT2D eigenvalue weighted by Crippen LogP contribution is 2.20. The average molecular weight is 307 g/mol. The van der Waals surface area contributed by atoms with E-state index in [9.17, 15) is 9.59 Å². The molecule has 0 radical (unpaired) electrons. The van der Waals surface area contributed by atoms with Gasteiger partial charge in [0.25, 0.3) is 0 Å². The predicted molar refractivity (Wildman–Crippen MR) is 82.1 cm³/mol. The maximum Gasteiger partial charge on any atom is 0.242 e. The molecule has 1 atom stereocenters. The van der Waals surface area contributed by atoms with Crippen LogP contribution in [0.25, 0.3) is 0 Å². The number of nitrogens with one attached hydrogen (secondary N) is 2. The Morgan fingerprint density at radius 1 is 1.43 bits per heavy atom. The molecule has 1 aromatic rings. The molecule has 3 rings (SSSR count). The van der Waals surface area contributed by atoms with Gasteiger partial charge in [-0.2, -0.15) is 0 Å². The lowest BCUT2D eigenvalue weighted by molar-refractivity contribution is -0.138. The zero-order valence-corrected chi connectivity index (χ0v) is 12.8. The fourth-order valence-corrected chi connectivity index (χ4v) is 3.55. The lowest BCUT2D eigenvalue weighted by Gasteiger charge is -2.29. The van der Waals surface area contributed by atoms with Crippen molar-refractivity contribution >= 4 is 23.2 Å².